The van der Waals surface area contributed by atoms with Crippen molar-refractivity contribution in [2.24, 2.45) is 0 Å². The van der Waals surface area contributed by atoms with Crippen LogP contribution in [0, 0.1) is 0 Å². The molecule has 0 unspecified atom stereocenters. The van der Waals surface area contributed by atoms with E-state index >= 15 is 0 Å². The smallest absolute Gasteiger partial charge is 0.246 e. The Morgan fingerprint density at radius 3 is 2.67 bits per heavy atom. The number of likely N-dealkylation sites (tertiary alicyclic amines) is 1. The van der Waals surface area contributed by atoms with E-state index in [0.29, 0.717) is 0 Å². The van der Waals surface area contributed by atoms with E-state index in [0.717, 1.165) is 38.8 Å². The van der Waals surface area contributed by atoms with Gasteiger partial charge in [0.1, 0.15) is 0 Å². The molecule has 0 N–H and O–H groups in total. The number of benzene rings is 1. The van der Waals surface area contributed by atoms with E-state index in [-0.39, 0.29) is 5.91 Å². The minimum absolute atomic E-state index is 0.175. The summed E-state index contributed by atoms with van der Waals surface area (Å²) in [6.45, 7) is 4.01. The van der Waals surface area contributed by atoms with Crippen molar-refractivity contribution in [3.8, 4) is 0 Å². The molecule has 0 atom stereocenters. The van der Waals surface area contributed by atoms with Gasteiger partial charge in [-0.1, -0.05) is 30.3 Å². The summed E-state index contributed by atoms with van der Waals surface area (Å²) in [7, 11) is 0. The van der Waals surface area contributed by atoms with Crippen molar-refractivity contribution in [1.29, 1.82) is 0 Å². The van der Waals surface area contributed by atoms with E-state index < -0.39 is 0 Å². The van der Waals surface area contributed by atoms with Crippen LogP contribution in [0.4, 0.5) is 0 Å². The van der Waals surface area contributed by atoms with Gasteiger partial charge in [0, 0.05) is 19.2 Å². The fourth-order valence-electron chi connectivity index (χ4n) is 3.33. The van der Waals surface area contributed by atoms with Gasteiger partial charge < -0.3 is 4.90 Å². The lowest BCUT2D eigenvalue weighted by Gasteiger charge is -2.25. The number of carbonyl (C=O) groups is 1. The van der Waals surface area contributed by atoms with E-state index in [1.807, 2.05) is 11.0 Å². The Hall–Kier alpha value is -1.83. The van der Waals surface area contributed by atoms with E-state index in [4.69, 9.17) is 0 Å². The molecule has 3 rings (SSSR count). The highest BCUT2D eigenvalue weighted by molar-refractivity contribution is 5.89. The Balaban J connectivity index is 1.75. The van der Waals surface area contributed by atoms with Crippen LogP contribution in [0.2, 0.25) is 0 Å². The van der Waals surface area contributed by atoms with Crippen LogP contribution in [0.1, 0.15) is 43.7 Å². The van der Waals surface area contributed by atoms with Gasteiger partial charge in [-0.25, -0.2) is 0 Å². The molecule has 0 aromatic heterocycles. The Kier molecular flexibility index (Phi) is 4.23. The van der Waals surface area contributed by atoms with Gasteiger partial charge >= 0.3 is 0 Å². The number of carbonyl (C=O) groups excluding carboxylic acids is 1. The number of aryl methyl sites for hydroxylation is 1. The van der Waals surface area contributed by atoms with Crippen LogP contribution in [-0.4, -0.2) is 23.9 Å². The molecule has 1 heterocycles. The van der Waals surface area contributed by atoms with Crippen molar-refractivity contribution in [3.05, 3.63) is 53.1 Å². The van der Waals surface area contributed by atoms with E-state index in [1.165, 1.54) is 28.7 Å². The first-order chi connectivity index (χ1) is 10.3. The molecule has 110 valence electrons. The maximum absolute atomic E-state index is 12.2. The second kappa shape index (κ2) is 6.30. The highest BCUT2D eigenvalue weighted by Crippen LogP contribution is 2.31. The van der Waals surface area contributed by atoms with Gasteiger partial charge in [-0.3, -0.25) is 4.79 Å². The number of fused-ring (bicyclic) bond motifs is 1. The lowest BCUT2D eigenvalue weighted by molar-refractivity contribution is -0.126. The molecule has 1 aromatic rings. The number of hydrogen-bond donors (Lipinski definition) is 0. The SMILES string of the molecule is CC1=C(/C=C/C(=O)N2CCCCC2)CCc2ccccc21. The summed E-state index contributed by atoms with van der Waals surface area (Å²) in [5, 5.41) is 0. The van der Waals surface area contributed by atoms with Crippen LogP contribution in [0.15, 0.2) is 42.0 Å². The number of piperidine rings is 1. The topological polar surface area (TPSA) is 20.3 Å². The summed E-state index contributed by atoms with van der Waals surface area (Å²) >= 11 is 0. The molecular formula is C19H23NO. The number of rotatable bonds is 2. The molecule has 1 saturated heterocycles. The largest absolute Gasteiger partial charge is 0.339 e. The molecule has 0 spiro atoms. The maximum atomic E-state index is 12.2. The fraction of sp³-hybridized carbons (Fsp3) is 0.421. The number of amides is 1. The first-order valence-electron chi connectivity index (χ1n) is 8.01. The van der Waals surface area contributed by atoms with Crippen molar-refractivity contribution >= 4 is 11.5 Å². The summed E-state index contributed by atoms with van der Waals surface area (Å²) in [5.41, 5.74) is 5.39. The van der Waals surface area contributed by atoms with Crippen LogP contribution in [0.3, 0.4) is 0 Å². The molecule has 1 fully saturated rings. The predicted molar refractivity (Wildman–Crippen MR) is 86.9 cm³/mol. The molecule has 0 saturated carbocycles. The minimum Gasteiger partial charge on any atom is -0.339 e. The molecule has 21 heavy (non-hydrogen) atoms. The number of hydrogen-bond acceptors (Lipinski definition) is 1. The van der Waals surface area contributed by atoms with Crippen molar-refractivity contribution in [2.45, 2.75) is 39.0 Å². The van der Waals surface area contributed by atoms with Gasteiger partial charge in [0.05, 0.1) is 0 Å². The highest BCUT2D eigenvalue weighted by Gasteiger charge is 2.16. The van der Waals surface area contributed by atoms with E-state index in [9.17, 15) is 4.79 Å². The zero-order valence-electron chi connectivity index (χ0n) is 12.8. The number of nitrogens with zero attached hydrogens (tertiary/aromatic N) is 1. The molecule has 0 radical (unpaired) electrons. The molecule has 1 aromatic carbocycles. The Bertz CT molecular complexity index is 591. The summed E-state index contributed by atoms with van der Waals surface area (Å²) in [5.74, 6) is 0.175. The molecule has 1 aliphatic heterocycles. The molecule has 2 heteroatoms. The average molecular weight is 281 g/mol. The summed E-state index contributed by atoms with van der Waals surface area (Å²) in [6, 6.07) is 8.59. The summed E-state index contributed by atoms with van der Waals surface area (Å²) in [4.78, 5) is 14.2. The minimum atomic E-state index is 0.175. The second-order valence-corrected chi connectivity index (χ2v) is 6.03. The van der Waals surface area contributed by atoms with Crippen LogP contribution in [0.25, 0.3) is 5.57 Å². The Morgan fingerprint density at radius 1 is 1.10 bits per heavy atom. The number of allylic oxidation sites excluding steroid dienone is 3. The lowest BCUT2D eigenvalue weighted by atomic mass is 9.86. The van der Waals surface area contributed by atoms with Crippen LogP contribution < -0.4 is 0 Å². The first kappa shape index (κ1) is 14.1. The van der Waals surface area contributed by atoms with Crippen LogP contribution >= 0.6 is 0 Å². The van der Waals surface area contributed by atoms with Gasteiger partial charge in [0.2, 0.25) is 5.91 Å². The summed E-state index contributed by atoms with van der Waals surface area (Å²) < 4.78 is 0. The zero-order chi connectivity index (χ0) is 14.7. The zero-order valence-corrected chi connectivity index (χ0v) is 12.8. The van der Waals surface area contributed by atoms with E-state index in [1.54, 1.807) is 6.08 Å². The Labute approximate surface area is 127 Å². The monoisotopic (exact) mass is 281 g/mol. The lowest BCUT2D eigenvalue weighted by Crippen LogP contribution is -2.34. The predicted octanol–water partition coefficient (Wildman–Crippen LogP) is 3.98. The van der Waals surface area contributed by atoms with E-state index in [2.05, 4.69) is 31.2 Å². The molecule has 1 aliphatic carbocycles. The summed E-state index contributed by atoms with van der Waals surface area (Å²) in [6.07, 6.45) is 9.48. The van der Waals surface area contributed by atoms with Gasteiger partial charge in [0.15, 0.2) is 0 Å². The second-order valence-electron chi connectivity index (χ2n) is 6.03. The highest BCUT2D eigenvalue weighted by atomic mass is 16.2. The van der Waals surface area contributed by atoms with Gasteiger partial charge in [-0.15, -0.1) is 0 Å². The van der Waals surface area contributed by atoms with Crippen molar-refractivity contribution in [3.63, 3.8) is 0 Å². The molecule has 2 aliphatic rings. The molecule has 0 bridgehead atoms. The van der Waals surface area contributed by atoms with Gasteiger partial charge in [-0.2, -0.15) is 0 Å². The van der Waals surface area contributed by atoms with Crippen molar-refractivity contribution < 1.29 is 4.79 Å². The first-order valence-corrected chi connectivity index (χ1v) is 8.01. The van der Waals surface area contributed by atoms with Crippen molar-refractivity contribution in [1.82, 2.24) is 4.90 Å². The third-order valence-electron chi connectivity index (χ3n) is 4.66. The fourth-order valence-corrected chi connectivity index (χ4v) is 3.33. The van der Waals surface area contributed by atoms with Crippen LogP contribution in [0.5, 0.6) is 0 Å². The third kappa shape index (κ3) is 3.10. The van der Waals surface area contributed by atoms with Gasteiger partial charge in [-0.05, 0) is 61.3 Å². The Morgan fingerprint density at radius 2 is 1.86 bits per heavy atom. The van der Waals surface area contributed by atoms with Crippen molar-refractivity contribution in [2.75, 3.05) is 13.1 Å². The quantitative estimate of drug-likeness (QED) is 0.751. The average Bonchev–Trinajstić information content (AvgIpc) is 2.55. The standard InChI is InChI=1S/C19H23NO/c1-15-16(9-10-17-7-3-4-8-18(15)17)11-12-19(21)20-13-5-2-6-14-20/h3-4,7-8,11-12H,2,5-6,9-10,13-14H2,1H3/b12-11+. The maximum Gasteiger partial charge on any atom is 0.246 e. The van der Waals surface area contributed by atoms with Gasteiger partial charge in [0.25, 0.3) is 0 Å². The van der Waals surface area contributed by atoms with Crippen LogP contribution in [-0.2, 0) is 11.2 Å². The molecular weight excluding hydrogens is 258 g/mol. The third-order valence-corrected chi connectivity index (χ3v) is 4.66. The molecule has 2 nitrogen and oxygen atoms in total. The normalized spacial score (nSPS) is 19.0. The molecule has 1 amide bonds.